The molecule has 36 heteroatoms. The predicted octanol–water partition coefficient (Wildman–Crippen LogP) is 0.267. The molecule has 12 rings (SSSR count). The van der Waals surface area contributed by atoms with Gasteiger partial charge in [-0.1, -0.05) is 55.2 Å². The molecule has 2 saturated heterocycles. The van der Waals surface area contributed by atoms with Gasteiger partial charge < -0.3 is 129 Å². The van der Waals surface area contributed by atoms with Crippen LogP contribution in [0, 0.1) is 5.92 Å². The topological polar surface area (TPSA) is 544 Å². The van der Waals surface area contributed by atoms with E-state index in [1.54, 1.807) is 13.8 Å². The van der Waals surface area contributed by atoms with Crippen molar-refractivity contribution in [3.63, 3.8) is 0 Å². The lowest BCUT2D eigenvalue weighted by Crippen LogP contribution is -2.64. The van der Waals surface area contributed by atoms with Gasteiger partial charge in [0.05, 0.1) is 41.3 Å². The van der Waals surface area contributed by atoms with Crippen molar-refractivity contribution in [3.05, 3.63) is 117 Å². The van der Waals surface area contributed by atoms with Crippen LogP contribution in [0.2, 0.25) is 10.0 Å². The van der Waals surface area contributed by atoms with E-state index in [4.69, 9.17) is 68.8 Å². The molecule has 22 N–H and O–H groups in total. The molecule has 2 fully saturated rings. The lowest BCUT2D eigenvalue weighted by molar-refractivity contribution is -0.333. The number of phenols is 3. The van der Waals surface area contributed by atoms with Gasteiger partial charge in [-0.25, -0.2) is 4.79 Å². The number of amides is 7. The molecule has 7 aliphatic rings. The number of ether oxygens (including phenoxy) is 6. The number of nitrogens with two attached hydrogens (primary N) is 3. The van der Waals surface area contributed by atoms with Crippen molar-refractivity contribution in [2.75, 3.05) is 6.61 Å². The second-order valence-electron chi connectivity index (χ2n) is 25.5. The molecular weight excluding hydrogens is 1400 g/mol. The fourth-order valence-corrected chi connectivity index (χ4v) is 12.7. The third kappa shape index (κ3) is 16.2. The van der Waals surface area contributed by atoms with E-state index >= 15 is 14.4 Å². The van der Waals surface area contributed by atoms with Crippen LogP contribution in [-0.2, 0) is 52.6 Å². The number of rotatable bonds is 12. The van der Waals surface area contributed by atoms with E-state index in [0.29, 0.717) is 0 Å². The van der Waals surface area contributed by atoms with Gasteiger partial charge >= 0.3 is 5.97 Å². The Morgan fingerprint density at radius 3 is 1.89 bits per heavy atom. The normalized spacial score (nSPS) is 29.3. The Hall–Kier alpha value is -8.91. The van der Waals surface area contributed by atoms with Gasteiger partial charge in [-0.15, -0.1) is 12.4 Å². The van der Waals surface area contributed by atoms with Crippen LogP contribution in [0.5, 0.6) is 46.0 Å². The summed E-state index contributed by atoms with van der Waals surface area (Å²) in [5, 5.41) is 127. The minimum atomic E-state index is -2.35. The molecule has 7 aliphatic heterocycles. The fraction of sp³-hybridized carbons (Fsp3) is 0.415. The number of nitrogens with one attached hydrogen (secondary N) is 6. The summed E-state index contributed by atoms with van der Waals surface area (Å²) >= 11 is 14.1. The average Bonchev–Trinajstić information content (AvgIpc) is 0.769. The Labute approximate surface area is 589 Å². The van der Waals surface area contributed by atoms with E-state index in [1.165, 1.54) is 26.0 Å². The number of carboxylic acid groups (broad SMARTS) is 1. The quantitative estimate of drug-likeness (QED) is 0.0797. The summed E-state index contributed by atoms with van der Waals surface area (Å²) in [5.74, 6) is -16.3. The minimum absolute atomic E-state index is 0. The summed E-state index contributed by atoms with van der Waals surface area (Å²) in [6, 6.07) is -1.18. The van der Waals surface area contributed by atoms with Crippen LogP contribution in [0.1, 0.15) is 105 Å². The van der Waals surface area contributed by atoms with E-state index in [1.807, 2.05) is 0 Å². The number of hydrogen-bond donors (Lipinski definition) is 19. The zero-order chi connectivity index (χ0) is 72.8. The van der Waals surface area contributed by atoms with Crippen molar-refractivity contribution >= 4 is 82.9 Å². The van der Waals surface area contributed by atoms with Crippen molar-refractivity contribution in [2.24, 2.45) is 23.1 Å². The largest absolute Gasteiger partial charge is 0.508 e. The first-order valence-electron chi connectivity index (χ1n) is 31.2. The van der Waals surface area contributed by atoms with Gasteiger partial charge in [0.2, 0.25) is 53.4 Å². The number of hydrogen-bond acceptors (Lipinski definition) is 25. The summed E-state index contributed by atoms with van der Waals surface area (Å²) in [6.45, 7) is 5.53. The van der Waals surface area contributed by atoms with Gasteiger partial charge in [0.1, 0.15) is 89.5 Å². The monoisotopic (exact) mass is 1470 g/mol. The molecule has 0 aliphatic carbocycles. The van der Waals surface area contributed by atoms with Crippen LogP contribution in [0.15, 0.2) is 78.9 Å². The lowest BCUT2D eigenvalue weighted by Gasteiger charge is -2.47. The number of carbonyl (C=O) groups excluding carboxylic acids is 7. The minimum Gasteiger partial charge on any atom is -0.508 e. The van der Waals surface area contributed by atoms with Crippen LogP contribution < -0.4 is 63.3 Å². The summed E-state index contributed by atoms with van der Waals surface area (Å²) in [4.78, 5) is 116. The molecule has 11 bridgehead atoms. The van der Waals surface area contributed by atoms with Crippen molar-refractivity contribution in [1.82, 2.24) is 31.9 Å². The first-order chi connectivity index (χ1) is 47.1. The maximum atomic E-state index is 16.0. The zero-order valence-corrected chi connectivity index (χ0v) is 56.1. The van der Waals surface area contributed by atoms with Gasteiger partial charge in [-0.2, -0.15) is 0 Å². The average molecular weight is 1470 g/mol. The number of carbonyl (C=O) groups is 8. The van der Waals surface area contributed by atoms with Gasteiger partial charge in [0.25, 0.3) is 0 Å². The summed E-state index contributed by atoms with van der Waals surface area (Å²) in [5.41, 5.74) is 14.1. The van der Waals surface area contributed by atoms with Gasteiger partial charge in [-0.05, 0) is 103 Å². The number of halogens is 3. The number of aliphatic carboxylic acids is 1. The van der Waals surface area contributed by atoms with E-state index in [-0.39, 0.29) is 58.6 Å². The van der Waals surface area contributed by atoms with Crippen LogP contribution in [-0.4, -0.2) is 184 Å². The SMILES string of the molecule is CC(C)C[C@@H](N)C(=O)N[C@H]1C(=O)N[C@@H](CC(N)=O)C(=O)N[C@H]2C(=O)N[C@H]3C(=O)N[C@H](C(=O)NC(C(=O)O)c4cc(O)cc(O)c4-c4cc3ccc4O)[C@H](O)c3ccc(c(Cl)c3)Oc3cc2cc(c3O[C@@H]2O[C@H](CO)[C@@H](O)[C@H](O)[C@H]2O[C@H]2C[C@](C)(N)[C@H](O)[C@H](C)O2)Oc2ccc(cc2Cl)[C@H]1O.Cl. The highest BCUT2D eigenvalue weighted by Crippen LogP contribution is 2.50. The fourth-order valence-electron chi connectivity index (χ4n) is 12.3. The molecule has 0 aromatic heterocycles. The molecule has 544 valence electrons. The highest BCUT2D eigenvalue weighted by Gasteiger charge is 2.51. The molecule has 0 saturated carbocycles. The maximum absolute atomic E-state index is 16.0. The number of primary amides is 1. The standard InChI is InChI=1S/C65H73Cl2N9O24.ClH/c1-22(2)11-33(68)57(87)75-48-50(82)25-6-9-37(31(66)13-25)96-39-15-27-16-40(54(39)100-64-55(53(85)52(84)41(21-77)98-64)99-43-20-65(4,70)56(86)23(3)95-43)97-38-10-7-26(14-32(38)67)51(83)49-62(92)74-47(63(93)94)30-17-28(78)18-36(80)44(30)29-12-24(5-8-35(29)79)45(59(89)76-49)73-60(90)46(27)72-58(88)34(19-42(69)81)71-61(48)91;/h5-10,12-18,22-23,33-34,41,43,45-53,55-56,64,77-80,82-86H,11,19-21,68,70H2,1-4H3,(H2,69,81)(H,71,91)(H,72,88)(H,73,90)(H,74,92)(H,75,87)(H,76,89)(H,93,94);1H/t23-,33+,34-,41+,43-,45+,46+,47?,48+,49-,50+,51+,52+,53-,55+,56+,64-,65-;/m0./s1. The van der Waals surface area contributed by atoms with Crippen molar-refractivity contribution < 1.29 is 118 Å². The highest BCUT2D eigenvalue weighted by atomic mass is 35.5. The smallest absolute Gasteiger partial charge is 0.330 e. The number of aliphatic hydroxyl groups is 6. The molecule has 7 amide bonds. The predicted molar refractivity (Wildman–Crippen MR) is 352 cm³/mol. The van der Waals surface area contributed by atoms with Gasteiger partial charge in [-0.3, -0.25) is 33.6 Å². The van der Waals surface area contributed by atoms with Crippen LogP contribution in [0.4, 0.5) is 0 Å². The molecule has 5 aromatic carbocycles. The highest BCUT2D eigenvalue weighted by molar-refractivity contribution is 6.32. The molecule has 101 heavy (non-hydrogen) atoms. The Morgan fingerprint density at radius 2 is 1.31 bits per heavy atom. The zero-order valence-electron chi connectivity index (χ0n) is 53.8. The second kappa shape index (κ2) is 30.7. The number of aromatic hydroxyl groups is 3. The molecular formula is C65H74Cl3N9O24. The van der Waals surface area contributed by atoms with Crippen LogP contribution in [0.25, 0.3) is 11.1 Å². The van der Waals surface area contributed by atoms with Gasteiger partial charge in [0, 0.05) is 34.7 Å². The first-order valence-corrected chi connectivity index (χ1v) is 31.9. The lowest BCUT2D eigenvalue weighted by atomic mass is 9.86. The van der Waals surface area contributed by atoms with E-state index in [2.05, 4.69) is 31.9 Å². The van der Waals surface area contributed by atoms with E-state index in [9.17, 15) is 75.0 Å². The van der Waals surface area contributed by atoms with Crippen molar-refractivity contribution in [3.8, 4) is 57.1 Å². The summed E-state index contributed by atoms with van der Waals surface area (Å²) in [7, 11) is 0. The molecule has 33 nitrogen and oxygen atoms in total. The number of fused-ring (bicyclic) bond motifs is 15. The third-order valence-electron chi connectivity index (χ3n) is 17.5. The maximum Gasteiger partial charge on any atom is 0.330 e. The van der Waals surface area contributed by atoms with Crippen LogP contribution in [0.3, 0.4) is 0 Å². The Kier molecular flexibility index (Phi) is 23.2. The van der Waals surface area contributed by atoms with Crippen molar-refractivity contribution in [1.29, 1.82) is 0 Å². The molecule has 18 atom stereocenters. The second-order valence-corrected chi connectivity index (χ2v) is 26.3. The Balaban J connectivity index is 0.0000119. The number of carboxylic acids is 1. The number of phenolic OH excluding ortho intramolecular Hbond substituents is 3. The number of benzene rings is 5. The van der Waals surface area contributed by atoms with E-state index in [0.717, 1.165) is 66.7 Å². The summed E-state index contributed by atoms with van der Waals surface area (Å²) in [6.07, 6.45) is -18.8. The van der Waals surface area contributed by atoms with Gasteiger partial charge in [0.15, 0.2) is 29.9 Å². The summed E-state index contributed by atoms with van der Waals surface area (Å²) < 4.78 is 38.2. The molecule has 0 radical (unpaired) electrons. The molecule has 7 heterocycles. The Bertz CT molecular complexity index is 4060. The first kappa shape index (κ1) is 76.3. The molecule has 0 spiro atoms. The third-order valence-corrected chi connectivity index (χ3v) is 18.1. The van der Waals surface area contributed by atoms with Crippen molar-refractivity contribution in [2.45, 2.75) is 156 Å². The van der Waals surface area contributed by atoms with Crippen LogP contribution >= 0.6 is 35.6 Å². The molecule has 5 aromatic rings. The Morgan fingerprint density at radius 1 is 0.713 bits per heavy atom. The molecule has 1 unspecified atom stereocenters. The number of aliphatic hydroxyl groups excluding tert-OH is 6. The van der Waals surface area contributed by atoms with E-state index < -0.39 is 237 Å².